The smallest absolute Gasteiger partial charge is 0.310 e. The maximum absolute atomic E-state index is 11.3. The van der Waals surface area contributed by atoms with E-state index in [1.807, 2.05) is 22.6 Å². The van der Waals surface area contributed by atoms with E-state index >= 15 is 0 Å². The van der Waals surface area contributed by atoms with E-state index in [1.165, 1.54) is 0 Å². The summed E-state index contributed by atoms with van der Waals surface area (Å²) in [6.07, 6.45) is 0.305. The number of carbonyl (C=O) groups is 1. The van der Waals surface area contributed by atoms with Gasteiger partial charge in [-0.1, -0.05) is 6.92 Å². The van der Waals surface area contributed by atoms with Gasteiger partial charge in [0.25, 0.3) is 0 Å². The van der Waals surface area contributed by atoms with Crippen molar-refractivity contribution in [3.05, 3.63) is 42.8 Å². The zero-order valence-electron chi connectivity index (χ0n) is 11.4. The number of phenolic OH excluding ortho intramolecular Hbond substituents is 1. The van der Waals surface area contributed by atoms with Crippen LogP contribution in [0.4, 0.5) is 0 Å². The molecule has 1 N–H and O–H groups in total. The molecule has 0 amide bonds. The second kappa shape index (κ2) is 7.65. The standard InChI is InChI=1S/C15H11Br2IO4/c1-2-14(20)21-9-5-10(16)15(11(17)6-9)22-8-3-4-13(19)12(18)7-8/h3-7,19H,2H2,1H3. The first kappa shape index (κ1) is 17.6. The summed E-state index contributed by atoms with van der Waals surface area (Å²) in [7, 11) is 0. The SMILES string of the molecule is CCC(=O)Oc1cc(Br)c(Oc2ccc(O)c(I)c2)c(Br)c1. The summed E-state index contributed by atoms with van der Waals surface area (Å²) in [4.78, 5) is 11.3. The lowest BCUT2D eigenvalue weighted by Gasteiger charge is -2.12. The first-order valence-electron chi connectivity index (χ1n) is 6.26. The minimum atomic E-state index is -0.305. The minimum absolute atomic E-state index is 0.202. The van der Waals surface area contributed by atoms with Crippen molar-refractivity contribution in [3.8, 4) is 23.0 Å². The molecule has 0 aliphatic heterocycles. The Morgan fingerprint density at radius 3 is 2.36 bits per heavy atom. The number of ether oxygens (including phenoxy) is 2. The van der Waals surface area contributed by atoms with Gasteiger partial charge in [0.1, 0.15) is 17.2 Å². The van der Waals surface area contributed by atoms with Crippen LogP contribution in [0.25, 0.3) is 0 Å². The molecule has 116 valence electrons. The summed E-state index contributed by atoms with van der Waals surface area (Å²) in [5.74, 6) is 1.46. The second-order valence-electron chi connectivity index (χ2n) is 4.26. The van der Waals surface area contributed by atoms with Crippen molar-refractivity contribution in [3.63, 3.8) is 0 Å². The highest BCUT2D eigenvalue weighted by molar-refractivity contribution is 14.1. The normalized spacial score (nSPS) is 10.4. The van der Waals surface area contributed by atoms with Gasteiger partial charge in [0, 0.05) is 6.42 Å². The fraction of sp³-hybridized carbons (Fsp3) is 0.133. The number of phenols is 1. The van der Waals surface area contributed by atoms with Gasteiger partial charge in [0.15, 0.2) is 5.75 Å². The molecular weight excluding hydrogens is 531 g/mol. The van der Waals surface area contributed by atoms with Gasteiger partial charge < -0.3 is 14.6 Å². The molecule has 4 nitrogen and oxygen atoms in total. The van der Waals surface area contributed by atoms with E-state index in [0.29, 0.717) is 36.2 Å². The lowest BCUT2D eigenvalue weighted by atomic mass is 10.3. The summed E-state index contributed by atoms with van der Waals surface area (Å²) in [5, 5.41) is 9.53. The quantitative estimate of drug-likeness (QED) is 0.310. The average Bonchev–Trinajstić information content (AvgIpc) is 2.46. The maximum atomic E-state index is 11.3. The lowest BCUT2D eigenvalue weighted by molar-refractivity contribution is -0.134. The van der Waals surface area contributed by atoms with Crippen molar-refractivity contribution in [2.45, 2.75) is 13.3 Å². The van der Waals surface area contributed by atoms with E-state index in [2.05, 4.69) is 31.9 Å². The number of hydrogen-bond donors (Lipinski definition) is 1. The first-order chi connectivity index (χ1) is 10.4. The monoisotopic (exact) mass is 540 g/mol. The van der Waals surface area contributed by atoms with Crippen molar-refractivity contribution in [1.29, 1.82) is 0 Å². The van der Waals surface area contributed by atoms with Crippen LogP contribution in [0.15, 0.2) is 39.3 Å². The number of carbonyl (C=O) groups excluding carboxylic acids is 1. The minimum Gasteiger partial charge on any atom is -0.507 e. The van der Waals surface area contributed by atoms with E-state index in [0.717, 1.165) is 0 Å². The molecule has 22 heavy (non-hydrogen) atoms. The summed E-state index contributed by atoms with van der Waals surface area (Å²) in [6, 6.07) is 8.29. The van der Waals surface area contributed by atoms with Crippen LogP contribution in [0.5, 0.6) is 23.0 Å². The molecule has 0 aliphatic rings. The fourth-order valence-corrected chi connectivity index (χ4v) is 3.36. The van der Waals surface area contributed by atoms with Crippen molar-refractivity contribution >= 4 is 60.4 Å². The molecule has 0 spiro atoms. The molecule has 0 atom stereocenters. The van der Waals surface area contributed by atoms with Gasteiger partial charge in [-0.2, -0.15) is 0 Å². The predicted molar refractivity (Wildman–Crippen MR) is 98.7 cm³/mol. The van der Waals surface area contributed by atoms with E-state index in [1.54, 1.807) is 37.3 Å². The highest BCUT2D eigenvalue weighted by Crippen LogP contribution is 2.40. The molecule has 0 heterocycles. The highest BCUT2D eigenvalue weighted by atomic mass is 127. The zero-order valence-corrected chi connectivity index (χ0v) is 16.7. The van der Waals surface area contributed by atoms with Crippen LogP contribution in [0.3, 0.4) is 0 Å². The number of esters is 1. The number of aromatic hydroxyl groups is 1. The third-order valence-corrected chi connectivity index (χ3v) is 4.67. The molecule has 0 radical (unpaired) electrons. The van der Waals surface area contributed by atoms with Gasteiger partial charge in [-0.3, -0.25) is 4.79 Å². The average molecular weight is 542 g/mol. The van der Waals surface area contributed by atoms with Crippen LogP contribution in [-0.2, 0) is 4.79 Å². The molecule has 2 aromatic carbocycles. The number of benzene rings is 2. The molecule has 2 aromatic rings. The summed E-state index contributed by atoms with van der Waals surface area (Å²) in [5.41, 5.74) is 0. The predicted octanol–water partition coefficient (Wildman–Crippen LogP) is 5.63. The van der Waals surface area contributed by atoms with E-state index in [4.69, 9.17) is 9.47 Å². The molecule has 0 saturated carbocycles. The van der Waals surface area contributed by atoms with E-state index in [-0.39, 0.29) is 11.7 Å². The Labute approximate surface area is 158 Å². The molecule has 7 heteroatoms. The van der Waals surface area contributed by atoms with Crippen LogP contribution in [0, 0.1) is 3.57 Å². The van der Waals surface area contributed by atoms with Gasteiger partial charge >= 0.3 is 5.97 Å². The number of halogens is 3. The Kier molecular flexibility index (Phi) is 6.10. The molecule has 2 rings (SSSR count). The van der Waals surface area contributed by atoms with Crippen LogP contribution in [0.1, 0.15) is 13.3 Å². The number of rotatable bonds is 4. The van der Waals surface area contributed by atoms with Crippen LogP contribution in [-0.4, -0.2) is 11.1 Å². The molecule has 0 aromatic heterocycles. The van der Waals surface area contributed by atoms with E-state index < -0.39 is 0 Å². The maximum Gasteiger partial charge on any atom is 0.310 e. The first-order valence-corrected chi connectivity index (χ1v) is 8.93. The Bertz CT molecular complexity index is 696. The van der Waals surface area contributed by atoms with Crippen molar-refractivity contribution < 1.29 is 19.4 Å². The molecule has 0 fully saturated rings. The molecule has 0 unspecified atom stereocenters. The molecule has 0 aliphatic carbocycles. The lowest BCUT2D eigenvalue weighted by Crippen LogP contribution is -2.05. The van der Waals surface area contributed by atoms with Gasteiger partial charge in [0.05, 0.1) is 12.5 Å². The summed E-state index contributed by atoms with van der Waals surface area (Å²) >= 11 is 8.83. The Morgan fingerprint density at radius 1 is 1.18 bits per heavy atom. The number of hydrogen-bond acceptors (Lipinski definition) is 4. The van der Waals surface area contributed by atoms with Crippen molar-refractivity contribution in [2.24, 2.45) is 0 Å². The largest absolute Gasteiger partial charge is 0.507 e. The van der Waals surface area contributed by atoms with Gasteiger partial charge in [0.2, 0.25) is 0 Å². The third kappa shape index (κ3) is 4.36. The zero-order chi connectivity index (χ0) is 16.3. The van der Waals surface area contributed by atoms with Gasteiger partial charge in [-0.15, -0.1) is 0 Å². The Morgan fingerprint density at radius 2 is 1.82 bits per heavy atom. The van der Waals surface area contributed by atoms with Crippen LogP contribution < -0.4 is 9.47 Å². The topological polar surface area (TPSA) is 55.8 Å². The van der Waals surface area contributed by atoms with Crippen LogP contribution in [0.2, 0.25) is 0 Å². The van der Waals surface area contributed by atoms with Gasteiger partial charge in [-0.25, -0.2) is 0 Å². The third-order valence-electron chi connectivity index (χ3n) is 2.63. The molecular formula is C15H11Br2IO4. The van der Waals surface area contributed by atoms with Gasteiger partial charge in [-0.05, 0) is 84.8 Å². The van der Waals surface area contributed by atoms with Crippen molar-refractivity contribution in [2.75, 3.05) is 0 Å². The Hall–Kier alpha value is -0.800. The van der Waals surface area contributed by atoms with E-state index in [9.17, 15) is 9.90 Å². The highest BCUT2D eigenvalue weighted by Gasteiger charge is 2.13. The Balaban J connectivity index is 2.28. The van der Waals surface area contributed by atoms with Crippen LogP contribution >= 0.6 is 54.5 Å². The van der Waals surface area contributed by atoms with Crippen molar-refractivity contribution in [1.82, 2.24) is 0 Å². The summed E-state index contributed by atoms with van der Waals surface area (Å²) in [6.45, 7) is 1.73. The molecule has 0 bridgehead atoms. The fourth-order valence-electron chi connectivity index (χ4n) is 1.57. The second-order valence-corrected chi connectivity index (χ2v) is 7.13. The molecule has 0 saturated heterocycles. The summed E-state index contributed by atoms with van der Waals surface area (Å²) < 4.78 is 13.0.